The summed E-state index contributed by atoms with van der Waals surface area (Å²) in [4.78, 5) is 0. The molecular formula is C15H21NOS. The van der Waals surface area contributed by atoms with Crippen molar-refractivity contribution in [2.45, 2.75) is 32.4 Å². The van der Waals surface area contributed by atoms with Gasteiger partial charge < -0.3 is 10.1 Å². The van der Waals surface area contributed by atoms with Crippen LogP contribution in [-0.4, -0.2) is 19.3 Å². The molecule has 1 heterocycles. The van der Waals surface area contributed by atoms with E-state index in [1.807, 2.05) is 7.05 Å². The van der Waals surface area contributed by atoms with Crippen molar-refractivity contribution < 1.29 is 4.74 Å². The van der Waals surface area contributed by atoms with Gasteiger partial charge in [-0.05, 0) is 50.2 Å². The Morgan fingerprint density at radius 3 is 2.72 bits per heavy atom. The summed E-state index contributed by atoms with van der Waals surface area (Å²) in [5.74, 6) is 0. The number of hydrogen-bond donors (Lipinski definition) is 1. The lowest BCUT2D eigenvalue weighted by Gasteiger charge is -2.24. The van der Waals surface area contributed by atoms with Gasteiger partial charge in [0, 0.05) is 4.70 Å². The number of thiophene rings is 1. The van der Waals surface area contributed by atoms with Crippen molar-refractivity contribution >= 4 is 21.4 Å². The Morgan fingerprint density at radius 1 is 1.28 bits per heavy atom. The van der Waals surface area contributed by atoms with Crippen molar-refractivity contribution in [2.75, 3.05) is 13.7 Å². The molecule has 18 heavy (non-hydrogen) atoms. The number of rotatable bonds is 4. The van der Waals surface area contributed by atoms with Crippen LogP contribution in [0.5, 0.6) is 0 Å². The molecule has 2 aromatic rings. The van der Waals surface area contributed by atoms with E-state index in [0.717, 1.165) is 0 Å². The number of hydrogen-bond acceptors (Lipinski definition) is 3. The second kappa shape index (κ2) is 5.39. The Balaban J connectivity index is 2.24. The Labute approximate surface area is 113 Å². The molecule has 0 amide bonds. The van der Waals surface area contributed by atoms with E-state index >= 15 is 0 Å². The zero-order chi connectivity index (χ0) is 13.2. The fourth-order valence-corrected chi connectivity index (χ4v) is 2.92. The molecule has 0 aliphatic heterocycles. The van der Waals surface area contributed by atoms with E-state index in [1.165, 1.54) is 15.6 Å². The number of fused-ring (bicyclic) bond motifs is 1. The standard InChI is InChI=1S/C15H21NOS/c1-15(2,3)17-10-13(16-4)12-7-5-6-11-8-9-18-14(11)12/h5-9,13,16H,10H2,1-4H3. The van der Waals surface area contributed by atoms with Gasteiger partial charge >= 0.3 is 0 Å². The largest absolute Gasteiger partial charge is 0.374 e. The maximum atomic E-state index is 5.90. The molecule has 0 saturated heterocycles. The second-order valence-corrected chi connectivity index (χ2v) is 6.37. The van der Waals surface area contributed by atoms with Gasteiger partial charge in [0.15, 0.2) is 0 Å². The van der Waals surface area contributed by atoms with Crippen LogP contribution < -0.4 is 5.32 Å². The van der Waals surface area contributed by atoms with Crippen molar-refractivity contribution in [3.05, 3.63) is 35.2 Å². The Morgan fingerprint density at radius 2 is 2.06 bits per heavy atom. The minimum atomic E-state index is -0.0988. The average molecular weight is 263 g/mol. The van der Waals surface area contributed by atoms with Crippen LogP contribution >= 0.6 is 11.3 Å². The van der Waals surface area contributed by atoms with E-state index in [-0.39, 0.29) is 11.6 Å². The van der Waals surface area contributed by atoms with Crippen LogP contribution in [-0.2, 0) is 4.74 Å². The molecule has 0 bridgehead atoms. The van der Waals surface area contributed by atoms with Gasteiger partial charge in [-0.25, -0.2) is 0 Å². The third-order valence-electron chi connectivity index (χ3n) is 2.92. The van der Waals surface area contributed by atoms with E-state index in [0.29, 0.717) is 6.61 Å². The molecule has 1 aromatic carbocycles. The summed E-state index contributed by atoms with van der Waals surface area (Å²) < 4.78 is 7.26. The first-order chi connectivity index (χ1) is 8.51. The molecule has 0 saturated carbocycles. The van der Waals surface area contributed by atoms with Crippen LogP contribution in [0.4, 0.5) is 0 Å². The highest BCUT2D eigenvalue weighted by atomic mass is 32.1. The van der Waals surface area contributed by atoms with E-state index < -0.39 is 0 Å². The van der Waals surface area contributed by atoms with Gasteiger partial charge in [-0.3, -0.25) is 0 Å². The van der Waals surface area contributed by atoms with Crippen LogP contribution in [0.15, 0.2) is 29.6 Å². The van der Waals surface area contributed by atoms with E-state index in [1.54, 1.807) is 11.3 Å². The summed E-state index contributed by atoms with van der Waals surface area (Å²) >= 11 is 1.80. The molecule has 1 atom stereocenters. The quantitative estimate of drug-likeness (QED) is 0.901. The smallest absolute Gasteiger partial charge is 0.0669 e. The van der Waals surface area contributed by atoms with Crippen LogP contribution in [0.2, 0.25) is 0 Å². The number of ether oxygens (including phenoxy) is 1. The lowest BCUT2D eigenvalue weighted by atomic mass is 10.1. The first-order valence-electron chi connectivity index (χ1n) is 6.28. The molecular weight excluding hydrogens is 242 g/mol. The first kappa shape index (κ1) is 13.5. The fraction of sp³-hybridized carbons (Fsp3) is 0.467. The Hall–Kier alpha value is -0.900. The normalized spacial score (nSPS) is 14.0. The van der Waals surface area contributed by atoms with Gasteiger partial charge in [-0.2, -0.15) is 0 Å². The Bertz CT molecular complexity index is 512. The van der Waals surface area contributed by atoms with Crippen molar-refractivity contribution in [3.63, 3.8) is 0 Å². The maximum Gasteiger partial charge on any atom is 0.0669 e. The molecule has 98 valence electrons. The van der Waals surface area contributed by atoms with E-state index in [9.17, 15) is 0 Å². The van der Waals surface area contributed by atoms with Crippen LogP contribution in [0.1, 0.15) is 32.4 Å². The first-order valence-corrected chi connectivity index (χ1v) is 7.16. The molecule has 1 aromatic heterocycles. The molecule has 0 radical (unpaired) electrons. The lowest BCUT2D eigenvalue weighted by Crippen LogP contribution is -2.28. The van der Waals surface area contributed by atoms with Crippen LogP contribution in [0.3, 0.4) is 0 Å². The van der Waals surface area contributed by atoms with E-state index in [4.69, 9.17) is 4.74 Å². The monoisotopic (exact) mass is 263 g/mol. The molecule has 0 aliphatic rings. The molecule has 1 unspecified atom stereocenters. The van der Waals surface area contributed by atoms with E-state index in [2.05, 4.69) is 55.7 Å². The summed E-state index contributed by atoms with van der Waals surface area (Å²) in [6.07, 6.45) is 0. The molecule has 0 fully saturated rings. The third-order valence-corrected chi connectivity index (χ3v) is 3.90. The predicted octanol–water partition coefficient (Wildman–Crippen LogP) is 3.98. The lowest BCUT2D eigenvalue weighted by molar-refractivity contribution is -0.0137. The van der Waals surface area contributed by atoms with Crippen molar-refractivity contribution in [3.8, 4) is 0 Å². The van der Waals surface area contributed by atoms with Crippen molar-refractivity contribution in [1.82, 2.24) is 5.32 Å². The molecule has 3 heteroatoms. The minimum Gasteiger partial charge on any atom is -0.374 e. The second-order valence-electron chi connectivity index (χ2n) is 5.45. The van der Waals surface area contributed by atoms with Gasteiger partial charge in [0.25, 0.3) is 0 Å². The summed E-state index contributed by atoms with van der Waals surface area (Å²) in [5, 5.41) is 6.81. The fourth-order valence-electron chi connectivity index (χ4n) is 1.95. The van der Waals surface area contributed by atoms with Crippen molar-refractivity contribution in [1.29, 1.82) is 0 Å². The third kappa shape index (κ3) is 3.10. The van der Waals surface area contributed by atoms with Crippen LogP contribution in [0.25, 0.3) is 10.1 Å². The summed E-state index contributed by atoms with van der Waals surface area (Å²) in [5.41, 5.74) is 1.23. The number of benzene rings is 1. The minimum absolute atomic E-state index is 0.0988. The summed E-state index contributed by atoms with van der Waals surface area (Å²) in [6.45, 7) is 6.96. The highest BCUT2D eigenvalue weighted by Gasteiger charge is 2.17. The summed E-state index contributed by atoms with van der Waals surface area (Å²) in [7, 11) is 1.99. The van der Waals surface area contributed by atoms with Gasteiger partial charge in [0.1, 0.15) is 0 Å². The zero-order valence-corrected chi connectivity index (χ0v) is 12.3. The predicted molar refractivity (Wildman–Crippen MR) is 79.3 cm³/mol. The number of nitrogens with one attached hydrogen (secondary N) is 1. The van der Waals surface area contributed by atoms with Gasteiger partial charge in [0.05, 0.1) is 18.2 Å². The zero-order valence-electron chi connectivity index (χ0n) is 11.5. The topological polar surface area (TPSA) is 21.3 Å². The molecule has 0 aliphatic carbocycles. The molecule has 0 spiro atoms. The Kier molecular flexibility index (Phi) is 4.05. The van der Waals surface area contributed by atoms with Gasteiger partial charge in [0.2, 0.25) is 0 Å². The summed E-state index contributed by atoms with van der Waals surface area (Å²) in [6, 6.07) is 8.87. The SMILES string of the molecule is CNC(COC(C)(C)C)c1cccc2ccsc12. The molecule has 1 N–H and O–H groups in total. The molecule has 2 rings (SSSR count). The average Bonchev–Trinajstić information content (AvgIpc) is 2.77. The highest BCUT2D eigenvalue weighted by molar-refractivity contribution is 7.17. The maximum absolute atomic E-state index is 5.90. The van der Waals surface area contributed by atoms with Crippen molar-refractivity contribution in [2.24, 2.45) is 0 Å². The number of likely N-dealkylation sites (N-methyl/N-ethyl adjacent to an activating group) is 1. The van der Waals surface area contributed by atoms with Crippen LogP contribution in [0, 0.1) is 0 Å². The van der Waals surface area contributed by atoms with Gasteiger partial charge in [-0.1, -0.05) is 18.2 Å². The molecule has 2 nitrogen and oxygen atoms in total. The highest BCUT2D eigenvalue weighted by Crippen LogP contribution is 2.29. The van der Waals surface area contributed by atoms with Gasteiger partial charge in [-0.15, -0.1) is 11.3 Å².